The van der Waals surface area contributed by atoms with Crippen LogP contribution in [0, 0.1) is 0 Å². The minimum absolute atomic E-state index is 0.0594. The number of nitrogens with one attached hydrogen (secondary N) is 1. The van der Waals surface area contributed by atoms with Crippen molar-refractivity contribution in [3.05, 3.63) is 51.7 Å². The molecule has 0 spiro atoms. The van der Waals surface area contributed by atoms with Crippen LogP contribution in [0.5, 0.6) is 5.75 Å². The van der Waals surface area contributed by atoms with Gasteiger partial charge in [-0.15, -0.1) is 11.3 Å². The molecule has 0 radical (unpaired) electrons. The monoisotopic (exact) mass is 395 g/mol. The summed E-state index contributed by atoms with van der Waals surface area (Å²) in [5.41, 5.74) is 0.622. The Morgan fingerprint density at radius 3 is 2.38 bits per heavy atom. The highest BCUT2D eigenvalue weighted by Gasteiger charge is 2.11. The van der Waals surface area contributed by atoms with Crippen molar-refractivity contribution in [3.8, 4) is 5.75 Å². The van der Waals surface area contributed by atoms with E-state index in [1.807, 2.05) is 6.07 Å². The molecule has 1 aromatic heterocycles. The van der Waals surface area contributed by atoms with Gasteiger partial charge in [0.15, 0.2) is 12.4 Å². The average Bonchev–Trinajstić information content (AvgIpc) is 3.07. The molecule has 140 valence electrons. The molecule has 0 fully saturated rings. The number of carbonyl (C=O) groups is 2. The Labute approximate surface area is 157 Å². The Balaban J connectivity index is 1.85. The zero-order chi connectivity index (χ0) is 19.2. The Morgan fingerprint density at radius 1 is 1.08 bits per heavy atom. The minimum Gasteiger partial charge on any atom is -0.485 e. The van der Waals surface area contributed by atoms with Gasteiger partial charge in [-0.1, -0.05) is 6.92 Å². The van der Waals surface area contributed by atoms with Crippen LogP contribution in [-0.2, 0) is 16.4 Å². The summed E-state index contributed by atoms with van der Waals surface area (Å²) in [6.07, 6.45) is 2.08. The van der Waals surface area contributed by atoms with Gasteiger partial charge in [-0.25, -0.2) is 13.1 Å². The molecule has 0 saturated heterocycles. The van der Waals surface area contributed by atoms with Crippen molar-refractivity contribution in [3.63, 3.8) is 0 Å². The van der Waals surface area contributed by atoms with E-state index in [2.05, 4.69) is 4.72 Å². The zero-order valence-corrected chi connectivity index (χ0v) is 16.3. The second-order valence-corrected chi connectivity index (χ2v) is 8.70. The van der Waals surface area contributed by atoms with E-state index in [1.165, 1.54) is 11.3 Å². The lowest BCUT2D eigenvalue weighted by atomic mass is 10.1. The van der Waals surface area contributed by atoms with Crippen molar-refractivity contribution >= 4 is 32.9 Å². The third-order valence-corrected chi connectivity index (χ3v) is 5.45. The molecule has 1 N–H and O–H groups in total. The molecule has 0 unspecified atom stereocenters. The Morgan fingerprint density at radius 2 is 1.77 bits per heavy atom. The van der Waals surface area contributed by atoms with Gasteiger partial charge in [-0.2, -0.15) is 0 Å². The van der Waals surface area contributed by atoms with Crippen molar-refractivity contribution in [2.75, 3.05) is 19.4 Å². The van der Waals surface area contributed by atoms with Crippen LogP contribution in [0.25, 0.3) is 0 Å². The van der Waals surface area contributed by atoms with Crippen LogP contribution < -0.4 is 9.46 Å². The number of Topliss-reactive ketones (excluding diaryl/α,β-unsaturated/α-hetero) is 2. The van der Waals surface area contributed by atoms with E-state index in [4.69, 9.17) is 4.74 Å². The molecule has 1 aromatic carbocycles. The number of hydrogen-bond acceptors (Lipinski definition) is 6. The lowest BCUT2D eigenvalue weighted by Crippen LogP contribution is -2.24. The van der Waals surface area contributed by atoms with E-state index < -0.39 is 10.0 Å². The highest BCUT2D eigenvalue weighted by atomic mass is 32.2. The predicted octanol–water partition coefficient (Wildman–Crippen LogP) is 2.69. The van der Waals surface area contributed by atoms with Crippen molar-refractivity contribution in [1.82, 2.24) is 4.72 Å². The van der Waals surface area contributed by atoms with Crippen molar-refractivity contribution in [2.45, 2.75) is 19.8 Å². The zero-order valence-electron chi connectivity index (χ0n) is 14.7. The quantitative estimate of drug-likeness (QED) is 0.625. The van der Waals surface area contributed by atoms with Gasteiger partial charge in [0.25, 0.3) is 0 Å². The molecule has 2 rings (SSSR count). The first-order valence-corrected chi connectivity index (χ1v) is 10.8. The lowest BCUT2D eigenvalue weighted by molar-refractivity contribution is 0.0924. The molecule has 0 amide bonds. The summed E-state index contributed by atoms with van der Waals surface area (Å²) in [7, 11) is -3.21. The van der Waals surface area contributed by atoms with Crippen LogP contribution in [0.1, 0.15) is 38.3 Å². The Hall–Kier alpha value is -2.03. The first-order chi connectivity index (χ1) is 12.3. The summed E-state index contributed by atoms with van der Waals surface area (Å²) in [6, 6.07) is 10.2. The van der Waals surface area contributed by atoms with Gasteiger partial charge in [0.1, 0.15) is 5.75 Å². The molecule has 0 bridgehead atoms. The second kappa shape index (κ2) is 9.07. The number of hydrogen-bond donors (Lipinski definition) is 1. The van der Waals surface area contributed by atoms with E-state index in [0.29, 0.717) is 35.6 Å². The van der Waals surface area contributed by atoms with Crippen LogP contribution in [-0.4, -0.2) is 39.4 Å². The second-order valence-electron chi connectivity index (χ2n) is 5.70. The molecule has 6 nitrogen and oxygen atoms in total. The van der Waals surface area contributed by atoms with Crippen LogP contribution in [0.15, 0.2) is 36.4 Å². The van der Waals surface area contributed by atoms with Crippen LogP contribution in [0.3, 0.4) is 0 Å². The SMILES string of the molecule is CCC(=O)c1ccc(OCC(=O)c2ccc(CCNS(C)(=O)=O)s2)cc1. The molecule has 0 saturated carbocycles. The number of thiophene rings is 1. The van der Waals surface area contributed by atoms with Crippen LogP contribution in [0.2, 0.25) is 0 Å². The summed E-state index contributed by atoms with van der Waals surface area (Å²) in [4.78, 5) is 25.3. The summed E-state index contributed by atoms with van der Waals surface area (Å²) in [5, 5.41) is 0. The summed E-state index contributed by atoms with van der Waals surface area (Å²) in [5.74, 6) is 0.440. The smallest absolute Gasteiger partial charge is 0.210 e. The molecule has 2 aromatic rings. The molecule has 0 aliphatic rings. The lowest BCUT2D eigenvalue weighted by Gasteiger charge is -2.05. The van der Waals surface area contributed by atoms with E-state index in [-0.39, 0.29) is 18.2 Å². The van der Waals surface area contributed by atoms with Crippen molar-refractivity contribution in [2.24, 2.45) is 0 Å². The first-order valence-electron chi connectivity index (χ1n) is 8.11. The average molecular weight is 396 g/mol. The number of ketones is 2. The maximum absolute atomic E-state index is 12.2. The molecule has 0 aliphatic heterocycles. The molecule has 0 atom stereocenters. The van der Waals surface area contributed by atoms with E-state index in [9.17, 15) is 18.0 Å². The van der Waals surface area contributed by atoms with Gasteiger partial charge >= 0.3 is 0 Å². The largest absolute Gasteiger partial charge is 0.485 e. The molecule has 26 heavy (non-hydrogen) atoms. The first kappa shape index (κ1) is 20.3. The minimum atomic E-state index is -3.21. The predicted molar refractivity (Wildman–Crippen MR) is 102 cm³/mol. The van der Waals surface area contributed by atoms with Gasteiger partial charge in [-0.05, 0) is 42.8 Å². The molecule has 1 heterocycles. The fourth-order valence-corrected chi connectivity index (χ4v) is 3.59. The number of sulfonamides is 1. The Bertz CT molecular complexity index is 869. The van der Waals surface area contributed by atoms with Crippen LogP contribution >= 0.6 is 11.3 Å². The van der Waals surface area contributed by atoms with Crippen LogP contribution in [0.4, 0.5) is 0 Å². The molecule has 0 aliphatic carbocycles. The van der Waals surface area contributed by atoms with Gasteiger partial charge in [-0.3, -0.25) is 9.59 Å². The number of benzene rings is 1. The van der Waals surface area contributed by atoms with Crippen molar-refractivity contribution in [1.29, 1.82) is 0 Å². The number of rotatable bonds is 10. The van der Waals surface area contributed by atoms with E-state index >= 15 is 0 Å². The third-order valence-electron chi connectivity index (χ3n) is 3.54. The van der Waals surface area contributed by atoms with E-state index in [1.54, 1.807) is 37.3 Å². The fourth-order valence-electron chi connectivity index (χ4n) is 2.18. The standard InChI is InChI=1S/C18H21NO5S2/c1-3-16(20)13-4-6-14(7-5-13)24-12-17(21)18-9-8-15(25-18)10-11-19-26(2,22)23/h4-9,19H,3,10-12H2,1-2H3. The topological polar surface area (TPSA) is 89.5 Å². The summed E-state index contributed by atoms with van der Waals surface area (Å²) in [6.45, 7) is 2.01. The van der Waals surface area contributed by atoms with E-state index in [0.717, 1.165) is 11.1 Å². The molecular formula is C18H21NO5S2. The van der Waals surface area contributed by atoms with Gasteiger partial charge in [0.05, 0.1) is 11.1 Å². The normalized spacial score (nSPS) is 11.3. The molecular weight excluding hydrogens is 374 g/mol. The molecule has 8 heteroatoms. The number of ether oxygens (including phenoxy) is 1. The summed E-state index contributed by atoms with van der Waals surface area (Å²) < 4.78 is 30.0. The van der Waals surface area contributed by atoms with Crippen molar-refractivity contribution < 1.29 is 22.7 Å². The maximum atomic E-state index is 12.2. The summed E-state index contributed by atoms with van der Waals surface area (Å²) >= 11 is 1.33. The van der Waals surface area contributed by atoms with Gasteiger partial charge in [0.2, 0.25) is 15.8 Å². The fraction of sp³-hybridized carbons (Fsp3) is 0.333. The highest BCUT2D eigenvalue weighted by Crippen LogP contribution is 2.19. The Kier molecular flexibility index (Phi) is 7.07. The number of carbonyl (C=O) groups excluding carboxylic acids is 2. The maximum Gasteiger partial charge on any atom is 0.210 e. The third kappa shape index (κ3) is 6.36. The highest BCUT2D eigenvalue weighted by molar-refractivity contribution is 7.88. The van der Waals surface area contributed by atoms with Gasteiger partial charge < -0.3 is 4.74 Å². The van der Waals surface area contributed by atoms with Gasteiger partial charge in [0, 0.05) is 23.4 Å².